The summed E-state index contributed by atoms with van der Waals surface area (Å²) in [6.45, 7) is 13.6. The molecule has 0 saturated carbocycles. The molecule has 210 valence electrons. The van der Waals surface area contributed by atoms with Crippen molar-refractivity contribution in [3.63, 3.8) is 0 Å². The summed E-state index contributed by atoms with van der Waals surface area (Å²) in [4.78, 5) is 50.0. The summed E-state index contributed by atoms with van der Waals surface area (Å²) < 4.78 is 29.1. The highest BCUT2D eigenvalue weighted by Gasteiger charge is 2.62. The SMILES string of the molecule is CNC(=O)C(F)(F)C(O)(O)[C@H](CC(C)C)NC(=O)[C@@H](NC(=O)[C@@H](NC(=O)CC(C)C)C(C)C)C(C)C. The van der Waals surface area contributed by atoms with E-state index in [0.717, 1.165) is 7.05 Å². The molecular weight excluding hydrogens is 478 g/mol. The summed E-state index contributed by atoms with van der Waals surface area (Å²) in [6, 6.07) is -4.15. The Morgan fingerprint density at radius 1 is 0.750 bits per heavy atom. The van der Waals surface area contributed by atoms with Gasteiger partial charge in [0.25, 0.3) is 11.7 Å². The van der Waals surface area contributed by atoms with Gasteiger partial charge in [0, 0.05) is 13.5 Å². The van der Waals surface area contributed by atoms with Crippen LogP contribution in [-0.4, -0.2) is 70.7 Å². The van der Waals surface area contributed by atoms with Gasteiger partial charge in [-0.1, -0.05) is 55.4 Å². The Bertz CT molecular complexity index is 772. The molecule has 0 aromatic rings. The number of hydrogen-bond donors (Lipinski definition) is 6. The highest BCUT2D eigenvalue weighted by Crippen LogP contribution is 2.32. The zero-order chi connectivity index (χ0) is 28.6. The van der Waals surface area contributed by atoms with E-state index in [1.54, 1.807) is 46.9 Å². The average molecular weight is 523 g/mol. The predicted molar refractivity (Wildman–Crippen MR) is 131 cm³/mol. The molecule has 0 rings (SSSR count). The van der Waals surface area contributed by atoms with Gasteiger partial charge in [0.15, 0.2) is 0 Å². The fourth-order valence-corrected chi connectivity index (χ4v) is 3.52. The molecule has 3 atom stereocenters. The van der Waals surface area contributed by atoms with Crippen molar-refractivity contribution < 1.29 is 38.2 Å². The number of carbonyl (C=O) groups is 4. The van der Waals surface area contributed by atoms with E-state index in [4.69, 9.17) is 0 Å². The Morgan fingerprint density at radius 3 is 1.58 bits per heavy atom. The summed E-state index contributed by atoms with van der Waals surface area (Å²) in [7, 11) is 0.914. The number of aliphatic hydroxyl groups is 2. The molecule has 10 nitrogen and oxygen atoms in total. The minimum Gasteiger partial charge on any atom is -0.359 e. The highest BCUT2D eigenvalue weighted by atomic mass is 19.3. The molecule has 0 unspecified atom stereocenters. The molecule has 0 aromatic heterocycles. The Kier molecular flexibility index (Phi) is 12.9. The van der Waals surface area contributed by atoms with Gasteiger partial charge in [0.1, 0.15) is 12.1 Å². The minimum atomic E-state index is -4.64. The van der Waals surface area contributed by atoms with Crippen LogP contribution in [0.2, 0.25) is 0 Å². The fourth-order valence-electron chi connectivity index (χ4n) is 3.52. The van der Waals surface area contributed by atoms with Gasteiger partial charge in [-0.25, -0.2) is 0 Å². The van der Waals surface area contributed by atoms with E-state index < -0.39 is 53.5 Å². The van der Waals surface area contributed by atoms with Crippen LogP contribution < -0.4 is 21.3 Å². The second-order valence-corrected chi connectivity index (χ2v) is 10.7. The van der Waals surface area contributed by atoms with E-state index in [1.807, 2.05) is 13.8 Å². The van der Waals surface area contributed by atoms with E-state index in [1.165, 1.54) is 0 Å². The Balaban J connectivity index is 5.90. The zero-order valence-electron chi connectivity index (χ0n) is 22.7. The topological polar surface area (TPSA) is 157 Å². The quantitative estimate of drug-likeness (QED) is 0.186. The number of rotatable bonds is 14. The van der Waals surface area contributed by atoms with Crippen LogP contribution in [0.15, 0.2) is 0 Å². The van der Waals surface area contributed by atoms with E-state index >= 15 is 0 Å². The molecule has 0 spiro atoms. The standard InChI is InChI=1S/C24H44F2N4O6/c1-12(2)10-16(24(35,36)23(25,26)22(34)27-9)28-20(32)19(15(7)8)30-21(33)18(14(5)6)29-17(31)11-13(3)4/h12-16,18-19,35-36H,10-11H2,1-9H3,(H,27,34)(H,28,32)(H,29,31)(H,30,33)/t16-,18-,19-/m0/s1. The molecule has 0 aliphatic carbocycles. The Morgan fingerprint density at radius 2 is 1.19 bits per heavy atom. The molecule has 4 amide bonds. The smallest absolute Gasteiger partial charge is 0.359 e. The normalized spacial score (nSPS) is 15.0. The molecule has 6 N–H and O–H groups in total. The van der Waals surface area contributed by atoms with E-state index in [9.17, 15) is 38.2 Å². The van der Waals surface area contributed by atoms with Gasteiger partial charge in [-0.05, 0) is 30.1 Å². The fraction of sp³-hybridized carbons (Fsp3) is 0.833. The molecule has 0 heterocycles. The monoisotopic (exact) mass is 522 g/mol. The maximum atomic E-state index is 14.5. The minimum absolute atomic E-state index is 0.0677. The molecule has 36 heavy (non-hydrogen) atoms. The second kappa shape index (κ2) is 13.8. The molecule has 0 aromatic carbocycles. The number of halogens is 2. The van der Waals surface area contributed by atoms with Crippen molar-refractivity contribution in [3.8, 4) is 0 Å². The van der Waals surface area contributed by atoms with Crippen LogP contribution in [-0.2, 0) is 19.2 Å². The highest BCUT2D eigenvalue weighted by molar-refractivity contribution is 5.92. The Hall–Kier alpha value is -2.34. The zero-order valence-corrected chi connectivity index (χ0v) is 22.7. The molecule has 0 radical (unpaired) electrons. The lowest BCUT2D eigenvalue weighted by atomic mass is 9.90. The first kappa shape index (κ1) is 33.7. The van der Waals surface area contributed by atoms with Crippen LogP contribution in [0.5, 0.6) is 0 Å². The maximum absolute atomic E-state index is 14.5. The summed E-state index contributed by atoms with van der Waals surface area (Å²) in [5.41, 5.74) is 0. The van der Waals surface area contributed by atoms with Crippen molar-refractivity contribution >= 4 is 23.6 Å². The van der Waals surface area contributed by atoms with E-state index in [-0.39, 0.29) is 36.5 Å². The number of carbonyl (C=O) groups excluding carboxylic acids is 4. The van der Waals surface area contributed by atoms with E-state index in [0.29, 0.717) is 0 Å². The lowest BCUT2D eigenvalue weighted by molar-refractivity contribution is -0.297. The van der Waals surface area contributed by atoms with Crippen molar-refractivity contribution in [2.24, 2.45) is 23.7 Å². The predicted octanol–water partition coefficient (Wildman–Crippen LogP) is 0.907. The average Bonchev–Trinajstić information content (AvgIpc) is 2.72. The molecule has 0 aliphatic rings. The molecule has 0 fully saturated rings. The molecular formula is C24H44F2N4O6. The summed E-state index contributed by atoms with van der Waals surface area (Å²) in [5.74, 6) is -13.6. The first-order chi connectivity index (χ1) is 16.3. The number of amides is 4. The van der Waals surface area contributed by atoms with Gasteiger partial charge in [0.05, 0.1) is 6.04 Å². The third-order valence-electron chi connectivity index (χ3n) is 5.59. The first-order valence-corrected chi connectivity index (χ1v) is 12.2. The van der Waals surface area contributed by atoms with Crippen molar-refractivity contribution in [1.82, 2.24) is 21.3 Å². The van der Waals surface area contributed by atoms with E-state index in [2.05, 4.69) is 16.0 Å². The maximum Gasteiger partial charge on any atom is 0.378 e. The molecule has 12 heteroatoms. The van der Waals surface area contributed by atoms with Crippen molar-refractivity contribution in [2.75, 3.05) is 7.05 Å². The lowest BCUT2D eigenvalue weighted by Gasteiger charge is -2.38. The van der Waals surface area contributed by atoms with Crippen LogP contribution in [0.3, 0.4) is 0 Å². The van der Waals surface area contributed by atoms with Crippen LogP contribution in [0.1, 0.15) is 68.2 Å². The van der Waals surface area contributed by atoms with Crippen LogP contribution in [0.25, 0.3) is 0 Å². The number of alkyl halides is 2. The molecule has 0 aliphatic heterocycles. The summed E-state index contributed by atoms with van der Waals surface area (Å²) >= 11 is 0. The second-order valence-electron chi connectivity index (χ2n) is 10.7. The van der Waals surface area contributed by atoms with Crippen molar-refractivity contribution in [1.29, 1.82) is 0 Å². The Labute approximate surface area is 212 Å². The van der Waals surface area contributed by atoms with Crippen LogP contribution in [0, 0.1) is 23.7 Å². The van der Waals surface area contributed by atoms with Gasteiger partial charge in [0.2, 0.25) is 17.7 Å². The van der Waals surface area contributed by atoms with Crippen LogP contribution in [0.4, 0.5) is 8.78 Å². The van der Waals surface area contributed by atoms with Gasteiger partial charge >= 0.3 is 5.92 Å². The lowest BCUT2D eigenvalue weighted by Crippen LogP contribution is -2.68. The van der Waals surface area contributed by atoms with Gasteiger partial charge in [-0.15, -0.1) is 0 Å². The van der Waals surface area contributed by atoms with Crippen molar-refractivity contribution in [2.45, 2.75) is 98.1 Å². The van der Waals surface area contributed by atoms with Gasteiger partial charge in [-0.2, -0.15) is 8.78 Å². The number of nitrogens with one attached hydrogen (secondary N) is 4. The van der Waals surface area contributed by atoms with Crippen LogP contribution >= 0.6 is 0 Å². The van der Waals surface area contributed by atoms with Gasteiger partial charge in [-0.3, -0.25) is 19.2 Å². The number of hydrogen-bond acceptors (Lipinski definition) is 6. The summed E-state index contributed by atoms with van der Waals surface area (Å²) in [6.07, 6.45) is -0.0971. The molecule has 0 saturated heterocycles. The third kappa shape index (κ3) is 9.27. The largest absolute Gasteiger partial charge is 0.378 e. The third-order valence-corrected chi connectivity index (χ3v) is 5.59. The van der Waals surface area contributed by atoms with Crippen molar-refractivity contribution in [3.05, 3.63) is 0 Å². The molecule has 0 bridgehead atoms. The van der Waals surface area contributed by atoms with Gasteiger partial charge < -0.3 is 31.5 Å². The first-order valence-electron chi connectivity index (χ1n) is 12.2. The summed E-state index contributed by atoms with van der Waals surface area (Å²) in [5, 5.41) is 29.7.